The molecule has 2 aromatic rings. The van der Waals surface area contributed by atoms with Crippen LogP contribution in [0, 0.1) is 6.92 Å². The van der Waals surface area contributed by atoms with Crippen molar-refractivity contribution in [1.29, 1.82) is 0 Å². The third kappa shape index (κ3) is 4.07. The minimum absolute atomic E-state index is 0.127. The zero-order chi connectivity index (χ0) is 17.8. The molecule has 0 aliphatic carbocycles. The second-order valence-corrected chi connectivity index (χ2v) is 6.39. The van der Waals surface area contributed by atoms with E-state index >= 15 is 0 Å². The summed E-state index contributed by atoms with van der Waals surface area (Å²) in [5.41, 5.74) is 0.969. The fourth-order valence-corrected chi connectivity index (χ4v) is 2.95. The molecule has 0 saturated carbocycles. The van der Waals surface area contributed by atoms with Crippen molar-refractivity contribution in [3.8, 4) is 0 Å². The zero-order valence-electron chi connectivity index (χ0n) is 15.3. The number of hydrogen-bond acceptors (Lipinski definition) is 5. The Hall–Kier alpha value is -2.64. The zero-order valence-corrected chi connectivity index (χ0v) is 15.3. The summed E-state index contributed by atoms with van der Waals surface area (Å²) < 4.78 is 1.99. The highest BCUT2D eigenvalue weighted by Crippen LogP contribution is 2.22. The first-order chi connectivity index (χ1) is 12.1. The average Bonchev–Trinajstić information content (AvgIpc) is 2.99. The second-order valence-electron chi connectivity index (χ2n) is 6.39. The predicted octanol–water partition coefficient (Wildman–Crippen LogP) is 1.25. The third-order valence-electron chi connectivity index (χ3n) is 4.20. The van der Waals surface area contributed by atoms with E-state index in [2.05, 4.69) is 30.7 Å². The molecule has 0 spiro atoms. The van der Waals surface area contributed by atoms with Gasteiger partial charge in [-0.3, -0.25) is 4.99 Å². The van der Waals surface area contributed by atoms with Crippen LogP contribution in [0.1, 0.15) is 36.2 Å². The van der Waals surface area contributed by atoms with E-state index in [1.165, 1.54) is 0 Å². The molecule has 1 atom stereocenters. The summed E-state index contributed by atoms with van der Waals surface area (Å²) in [5, 5.41) is 11.2. The van der Waals surface area contributed by atoms with Crippen LogP contribution in [0.25, 0.3) is 0 Å². The van der Waals surface area contributed by atoms with Gasteiger partial charge in [0.15, 0.2) is 5.96 Å². The molecule has 134 valence electrons. The molecule has 0 saturated heterocycles. The summed E-state index contributed by atoms with van der Waals surface area (Å²) in [5.74, 6) is 3.49. The molecule has 8 nitrogen and oxygen atoms in total. The first-order valence-corrected chi connectivity index (χ1v) is 8.58. The van der Waals surface area contributed by atoms with E-state index in [1.54, 1.807) is 7.05 Å². The molecule has 1 aliphatic rings. The van der Waals surface area contributed by atoms with Crippen molar-refractivity contribution < 1.29 is 0 Å². The molecule has 25 heavy (non-hydrogen) atoms. The summed E-state index contributed by atoms with van der Waals surface area (Å²) >= 11 is 0. The van der Waals surface area contributed by atoms with Gasteiger partial charge in [-0.2, -0.15) is 5.10 Å². The molecule has 0 aromatic carbocycles. The van der Waals surface area contributed by atoms with Crippen molar-refractivity contribution in [3.05, 3.63) is 35.5 Å². The van der Waals surface area contributed by atoms with Gasteiger partial charge in [0.05, 0.1) is 18.3 Å². The molecule has 1 aliphatic heterocycles. The Morgan fingerprint density at radius 1 is 1.36 bits per heavy atom. The van der Waals surface area contributed by atoms with Crippen LogP contribution in [0.2, 0.25) is 0 Å². The Bertz CT molecular complexity index is 749. The lowest BCUT2D eigenvalue weighted by Crippen LogP contribution is -2.41. The number of nitrogens with one attached hydrogen (secondary N) is 2. The number of nitrogens with zero attached hydrogens (tertiary/aromatic N) is 6. The van der Waals surface area contributed by atoms with Gasteiger partial charge in [0.1, 0.15) is 17.5 Å². The average molecular weight is 342 g/mol. The smallest absolute Gasteiger partial charge is 0.191 e. The quantitative estimate of drug-likeness (QED) is 0.643. The highest BCUT2D eigenvalue weighted by Gasteiger charge is 2.24. The van der Waals surface area contributed by atoms with Gasteiger partial charge in [0, 0.05) is 27.7 Å². The van der Waals surface area contributed by atoms with Gasteiger partial charge in [0.25, 0.3) is 0 Å². The molecule has 0 bridgehead atoms. The maximum absolute atomic E-state index is 4.62. The normalized spacial score (nSPS) is 17.1. The van der Waals surface area contributed by atoms with Gasteiger partial charge in [-0.15, -0.1) is 0 Å². The molecule has 8 heteroatoms. The lowest BCUT2D eigenvalue weighted by atomic mass is 10.1. The number of hydrogen-bond donors (Lipinski definition) is 2. The summed E-state index contributed by atoms with van der Waals surface area (Å²) in [6, 6.07) is 6.14. The Kier molecular flexibility index (Phi) is 5.16. The number of aryl methyl sites for hydroxylation is 2. The number of aromatic nitrogens is 4. The van der Waals surface area contributed by atoms with Crippen molar-refractivity contribution in [2.45, 2.75) is 38.9 Å². The van der Waals surface area contributed by atoms with Gasteiger partial charge in [-0.1, -0.05) is 6.07 Å². The fourth-order valence-electron chi connectivity index (χ4n) is 2.95. The van der Waals surface area contributed by atoms with Crippen LogP contribution in [0.4, 0.5) is 5.82 Å². The molecule has 2 N–H and O–H groups in total. The van der Waals surface area contributed by atoms with Gasteiger partial charge in [0.2, 0.25) is 0 Å². The van der Waals surface area contributed by atoms with E-state index in [9.17, 15) is 0 Å². The van der Waals surface area contributed by atoms with E-state index in [0.29, 0.717) is 6.54 Å². The van der Waals surface area contributed by atoms with Gasteiger partial charge in [-0.25, -0.2) is 14.6 Å². The van der Waals surface area contributed by atoms with Crippen LogP contribution >= 0.6 is 0 Å². The van der Waals surface area contributed by atoms with Crippen molar-refractivity contribution >= 4 is 11.8 Å². The lowest BCUT2D eigenvalue weighted by Gasteiger charge is -2.25. The number of rotatable bonds is 4. The minimum atomic E-state index is 0.127. The number of pyridine rings is 1. The van der Waals surface area contributed by atoms with Crippen LogP contribution in [-0.2, 0) is 13.1 Å². The molecule has 2 aromatic heterocycles. The van der Waals surface area contributed by atoms with Crippen molar-refractivity contribution in [2.24, 2.45) is 4.99 Å². The van der Waals surface area contributed by atoms with E-state index in [1.807, 2.05) is 48.8 Å². The number of fused-ring (bicyclic) bond motifs is 1. The highest BCUT2D eigenvalue weighted by molar-refractivity contribution is 5.80. The molecular formula is C17H26N8. The monoisotopic (exact) mass is 342 g/mol. The predicted molar refractivity (Wildman–Crippen MR) is 98.6 cm³/mol. The van der Waals surface area contributed by atoms with Crippen molar-refractivity contribution in [2.75, 3.05) is 26.0 Å². The number of guanidine groups is 1. The molecule has 0 amide bonds. The van der Waals surface area contributed by atoms with Gasteiger partial charge in [-0.05, 0) is 31.9 Å². The van der Waals surface area contributed by atoms with Crippen LogP contribution in [0.15, 0.2) is 23.2 Å². The standard InChI is InChI=1S/C17H26N8/c1-12-20-16-14(8-6-10-25(16)23-12)22-17(18-2)19-11-13-7-5-9-15(21-13)24(3)4/h5,7,9,14H,6,8,10-11H2,1-4H3,(H2,18,19,22). The summed E-state index contributed by atoms with van der Waals surface area (Å²) in [4.78, 5) is 15.5. The maximum Gasteiger partial charge on any atom is 0.191 e. The van der Waals surface area contributed by atoms with E-state index in [-0.39, 0.29) is 6.04 Å². The van der Waals surface area contributed by atoms with Gasteiger partial charge >= 0.3 is 0 Å². The second kappa shape index (κ2) is 7.50. The van der Waals surface area contributed by atoms with Crippen LogP contribution in [0.3, 0.4) is 0 Å². The first-order valence-electron chi connectivity index (χ1n) is 8.58. The molecule has 0 fully saturated rings. The minimum Gasteiger partial charge on any atom is -0.363 e. The van der Waals surface area contributed by atoms with Crippen LogP contribution in [0.5, 0.6) is 0 Å². The Balaban J connectivity index is 1.63. The topological polar surface area (TPSA) is 83.3 Å². The van der Waals surface area contributed by atoms with Gasteiger partial charge < -0.3 is 15.5 Å². The lowest BCUT2D eigenvalue weighted by molar-refractivity contribution is 0.397. The SMILES string of the molecule is CN=C(NCc1cccc(N(C)C)n1)NC1CCCn2nc(C)nc21. The molecule has 3 rings (SSSR count). The van der Waals surface area contributed by atoms with E-state index in [0.717, 1.165) is 48.5 Å². The molecular weight excluding hydrogens is 316 g/mol. The molecule has 3 heterocycles. The van der Waals surface area contributed by atoms with Crippen molar-refractivity contribution in [3.63, 3.8) is 0 Å². The third-order valence-corrected chi connectivity index (χ3v) is 4.20. The highest BCUT2D eigenvalue weighted by atomic mass is 15.4. The first kappa shape index (κ1) is 17.2. The Labute approximate surface area is 148 Å². The van der Waals surface area contributed by atoms with E-state index < -0.39 is 0 Å². The summed E-state index contributed by atoms with van der Waals surface area (Å²) in [7, 11) is 5.75. The maximum atomic E-state index is 4.62. The van der Waals surface area contributed by atoms with Crippen LogP contribution < -0.4 is 15.5 Å². The van der Waals surface area contributed by atoms with E-state index in [4.69, 9.17) is 0 Å². The Morgan fingerprint density at radius 3 is 2.96 bits per heavy atom. The largest absolute Gasteiger partial charge is 0.363 e. The Morgan fingerprint density at radius 2 is 2.20 bits per heavy atom. The molecule has 1 unspecified atom stereocenters. The molecule has 0 radical (unpaired) electrons. The summed E-state index contributed by atoms with van der Waals surface area (Å²) in [6.07, 6.45) is 2.10. The fraction of sp³-hybridized carbons (Fsp3) is 0.529. The van der Waals surface area contributed by atoms with Crippen LogP contribution in [-0.4, -0.2) is 46.9 Å². The number of anilines is 1. The summed E-state index contributed by atoms with van der Waals surface area (Å²) in [6.45, 7) is 3.47. The number of aliphatic imine (C=N–C) groups is 1. The van der Waals surface area contributed by atoms with Crippen molar-refractivity contribution in [1.82, 2.24) is 30.4 Å².